The van der Waals surface area contributed by atoms with E-state index in [0.29, 0.717) is 12.3 Å². The number of hydrogen-bond acceptors (Lipinski definition) is 3. The number of aliphatic hydroxyl groups is 1. The smallest absolute Gasteiger partial charge is 0.164 e. The number of nitrogens with zero attached hydrogens (tertiary/aromatic N) is 1. The largest absolute Gasteiger partial charge is 0.396 e. The molecule has 3 nitrogen and oxygen atoms in total. The lowest BCUT2D eigenvalue weighted by Crippen LogP contribution is -2.24. The van der Waals surface area contributed by atoms with Gasteiger partial charge in [0.15, 0.2) is 5.78 Å². The third-order valence-corrected chi connectivity index (χ3v) is 3.62. The molecule has 1 atom stereocenters. The predicted molar refractivity (Wildman–Crippen MR) is 71.8 cm³/mol. The van der Waals surface area contributed by atoms with E-state index in [1.165, 1.54) is 0 Å². The van der Waals surface area contributed by atoms with E-state index in [9.17, 15) is 4.79 Å². The topological polar surface area (TPSA) is 40.5 Å². The SMILES string of the molecule is Cc1cccc(C(=O)CCN2CCC(CO)C2)c1. The Hall–Kier alpha value is -1.19. The summed E-state index contributed by atoms with van der Waals surface area (Å²) in [6.45, 7) is 5.01. The maximum absolute atomic E-state index is 12.0. The fraction of sp³-hybridized carbons (Fsp3) is 0.533. The van der Waals surface area contributed by atoms with E-state index in [-0.39, 0.29) is 12.4 Å². The highest BCUT2D eigenvalue weighted by Crippen LogP contribution is 2.16. The van der Waals surface area contributed by atoms with Crippen molar-refractivity contribution in [2.45, 2.75) is 19.8 Å². The van der Waals surface area contributed by atoms with Crippen LogP contribution in [0.15, 0.2) is 24.3 Å². The van der Waals surface area contributed by atoms with Crippen molar-refractivity contribution < 1.29 is 9.90 Å². The standard InChI is InChI=1S/C15H21NO2/c1-12-3-2-4-14(9-12)15(18)6-8-16-7-5-13(10-16)11-17/h2-4,9,13,17H,5-8,10-11H2,1H3. The Morgan fingerprint density at radius 3 is 3.00 bits per heavy atom. The number of ketones is 1. The molecular weight excluding hydrogens is 226 g/mol. The van der Waals surface area contributed by atoms with Gasteiger partial charge in [-0.05, 0) is 31.9 Å². The molecular formula is C15H21NO2. The third kappa shape index (κ3) is 3.40. The number of carbonyl (C=O) groups is 1. The molecule has 1 aromatic rings. The van der Waals surface area contributed by atoms with Gasteiger partial charge in [0, 0.05) is 31.7 Å². The molecule has 0 amide bonds. The second kappa shape index (κ2) is 6.12. The van der Waals surface area contributed by atoms with Crippen molar-refractivity contribution in [3.05, 3.63) is 35.4 Å². The summed E-state index contributed by atoms with van der Waals surface area (Å²) in [6.07, 6.45) is 1.62. The number of likely N-dealkylation sites (tertiary alicyclic amines) is 1. The number of rotatable bonds is 5. The zero-order valence-corrected chi connectivity index (χ0v) is 10.9. The van der Waals surface area contributed by atoms with E-state index in [0.717, 1.165) is 37.2 Å². The summed E-state index contributed by atoms with van der Waals surface area (Å²) in [7, 11) is 0. The molecule has 1 aliphatic rings. The van der Waals surface area contributed by atoms with Crippen molar-refractivity contribution in [2.24, 2.45) is 5.92 Å². The van der Waals surface area contributed by atoms with Crippen LogP contribution in [0.25, 0.3) is 0 Å². The molecule has 0 spiro atoms. The Kier molecular flexibility index (Phi) is 4.50. The summed E-state index contributed by atoms with van der Waals surface area (Å²) >= 11 is 0. The fourth-order valence-electron chi connectivity index (χ4n) is 2.49. The van der Waals surface area contributed by atoms with E-state index in [1.807, 2.05) is 31.2 Å². The number of aryl methyl sites for hydroxylation is 1. The van der Waals surface area contributed by atoms with E-state index in [4.69, 9.17) is 5.11 Å². The van der Waals surface area contributed by atoms with Gasteiger partial charge in [-0.25, -0.2) is 0 Å². The molecule has 3 heteroatoms. The van der Waals surface area contributed by atoms with Crippen molar-refractivity contribution in [1.29, 1.82) is 0 Å². The number of benzene rings is 1. The van der Waals surface area contributed by atoms with Crippen LogP contribution in [0.5, 0.6) is 0 Å². The number of Topliss-reactive ketones (excluding diaryl/α,β-unsaturated/α-hetero) is 1. The highest BCUT2D eigenvalue weighted by atomic mass is 16.3. The van der Waals surface area contributed by atoms with Gasteiger partial charge in [-0.3, -0.25) is 4.79 Å². The second-order valence-electron chi connectivity index (χ2n) is 5.18. The Bertz CT molecular complexity index is 417. The Morgan fingerprint density at radius 2 is 2.33 bits per heavy atom. The molecule has 0 bridgehead atoms. The van der Waals surface area contributed by atoms with E-state index in [1.54, 1.807) is 0 Å². The van der Waals surface area contributed by atoms with Gasteiger partial charge < -0.3 is 10.0 Å². The van der Waals surface area contributed by atoms with Crippen LogP contribution in [-0.2, 0) is 0 Å². The lowest BCUT2D eigenvalue weighted by Gasteiger charge is -2.14. The molecule has 2 rings (SSSR count). The number of aliphatic hydroxyl groups excluding tert-OH is 1. The minimum Gasteiger partial charge on any atom is -0.396 e. The average molecular weight is 247 g/mol. The highest BCUT2D eigenvalue weighted by molar-refractivity contribution is 5.96. The Morgan fingerprint density at radius 1 is 1.50 bits per heavy atom. The summed E-state index contributed by atoms with van der Waals surface area (Å²) in [5.41, 5.74) is 1.94. The van der Waals surface area contributed by atoms with E-state index in [2.05, 4.69) is 4.90 Å². The molecule has 98 valence electrons. The Balaban J connectivity index is 1.82. The number of carbonyl (C=O) groups excluding carboxylic acids is 1. The average Bonchev–Trinajstić information content (AvgIpc) is 2.84. The van der Waals surface area contributed by atoms with Gasteiger partial charge in [-0.1, -0.05) is 23.8 Å². The van der Waals surface area contributed by atoms with Crippen molar-refractivity contribution in [3.8, 4) is 0 Å². The van der Waals surface area contributed by atoms with Crippen LogP contribution in [0.4, 0.5) is 0 Å². The van der Waals surface area contributed by atoms with Crippen LogP contribution < -0.4 is 0 Å². The maximum atomic E-state index is 12.0. The first-order valence-electron chi connectivity index (χ1n) is 6.62. The second-order valence-corrected chi connectivity index (χ2v) is 5.18. The van der Waals surface area contributed by atoms with Crippen LogP contribution in [0.3, 0.4) is 0 Å². The predicted octanol–water partition coefficient (Wildman–Crippen LogP) is 1.88. The molecule has 0 aliphatic carbocycles. The minimum atomic E-state index is 0.214. The molecule has 1 fully saturated rings. The van der Waals surface area contributed by atoms with Gasteiger partial charge in [0.25, 0.3) is 0 Å². The molecule has 0 aromatic heterocycles. The zero-order valence-electron chi connectivity index (χ0n) is 10.9. The molecule has 1 unspecified atom stereocenters. The van der Waals surface area contributed by atoms with Crippen molar-refractivity contribution in [2.75, 3.05) is 26.2 Å². The molecule has 1 saturated heterocycles. The van der Waals surface area contributed by atoms with Crippen LogP contribution in [0.1, 0.15) is 28.8 Å². The van der Waals surface area contributed by atoms with Gasteiger partial charge in [0.1, 0.15) is 0 Å². The summed E-state index contributed by atoms with van der Waals surface area (Å²) in [5, 5.41) is 9.08. The third-order valence-electron chi connectivity index (χ3n) is 3.62. The van der Waals surface area contributed by atoms with E-state index >= 15 is 0 Å². The number of hydrogen-bond donors (Lipinski definition) is 1. The zero-order chi connectivity index (χ0) is 13.0. The molecule has 0 radical (unpaired) electrons. The fourth-order valence-corrected chi connectivity index (χ4v) is 2.49. The van der Waals surface area contributed by atoms with Gasteiger partial charge in [-0.2, -0.15) is 0 Å². The molecule has 1 aromatic carbocycles. The summed E-state index contributed by atoms with van der Waals surface area (Å²) in [5.74, 6) is 0.616. The highest BCUT2D eigenvalue weighted by Gasteiger charge is 2.21. The van der Waals surface area contributed by atoms with E-state index < -0.39 is 0 Å². The summed E-state index contributed by atoms with van der Waals surface area (Å²) < 4.78 is 0. The molecule has 0 saturated carbocycles. The monoisotopic (exact) mass is 247 g/mol. The first kappa shape index (κ1) is 13.2. The maximum Gasteiger partial charge on any atom is 0.164 e. The van der Waals surface area contributed by atoms with Crippen molar-refractivity contribution in [3.63, 3.8) is 0 Å². The first-order chi connectivity index (χ1) is 8.69. The molecule has 1 aliphatic heterocycles. The molecule has 1 heterocycles. The van der Waals surface area contributed by atoms with Gasteiger partial charge in [-0.15, -0.1) is 0 Å². The molecule has 18 heavy (non-hydrogen) atoms. The van der Waals surface area contributed by atoms with Gasteiger partial charge in [0.2, 0.25) is 0 Å². The summed E-state index contributed by atoms with van der Waals surface area (Å²) in [4.78, 5) is 14.3. The molecule has 1 N–H and O–H groups in total. The lowest BCUT2D eigenvalue weighted by atomic mass is 10.1. The summed E-state index contributed by atoms with van der Waals surface area (Å²) in [6, 6.07) is 7.77. The lowest BCUT2D eigenvalue weighted by molar-refractivity contribution is 0.0967. The first-order valence-corrected chi connectivity index (χ1v) is 6.62. The van der Waals surface area contributed by atoms with Crippen molar-refractivity contribution in [1.82, 2.24) is 4.90 Å². The van der Waals surface area contributed by atoms with Crippen LogP contribution in [-0.4, -0.2) is 42.0 Å². The Labute approximate surface area is 108 Å². The van der Waals surface area contributed by atoms with Gasteiger partial charge >= 0.3 is 0 Å². The van der Waals surface area contributed by atoms with Crippen LogP contribution >= 0.6 is 0 Å². The normalized spacial score (nSPS) is 20.2. The quantitative estimate of drug-likeness (QED) is 0.808. The van der Waals surface area contributed by atoms with Crippen LogP contribution in [0.2, 0.25) is 0 Å². The van der Waals surface area contributed by atoms with Crippen LogP contribution in [0, 0.1) is 12.8 Å². The minimum absolute atomic E-state index is 0.214. The van der Waals surface area contributed by atoms with Gasteiger partial charge in [0.05, 0.1) is 0 Å². The van der Waals surface area contributed by atoms with Crippen molar-refractivity contribution >= 4 is 5.78 Å².